The highest BCUT2D eigenvalue weighted by atomic mass is 79.9. The van der Waals surface area contributed by atoms with Gasteiger partial charge in [-0.1, -0.05) is 0 Å². The van der Waals surface area contributed by atoms with Crippen molar-refractivity contribution >= 4 is 15.9 Å². The van der Waals surface area contributed by atoms with Crippen LogP contribution in [0.25, 0.3) is 11.4 Å². The third kappa shape index (κ3) is 3.52. The molecule has 0 amide bonds. The Balaban J connectivity index is 1.58. The number of halogens is 1. The predicted octanol–water partition coefficient (Wildman–Crippen LogP) is 2.55. The Bertz CT molecular complexity index is 957. The molecule has 4 heterocycles. The lowest BCUT2D eigenvalue weighted by atomic mass is 10.1. The summed E-state index contributed by atoms with van der Waals surface area (Å²) in [6, 6.07) is 5.75. The molecule has 1 aliphatic rings. The maximum atomic E-state index is 12.6. The van der Waals surface area contributed by atoms with Crippen LogP contribution in [0.5, 0.6) is 0 Å². The van der Waals surface area contributed by atoms with E-state index in [4.69, 9.17) is 0 Å². The predicted molar refractivity (Wildman–Crippen MR) is 97.8 cm³/mol. The molecule has 1 aliphatic heterocycles. The average molecular weight is 398 g/mol. The van der Waals surface area contributed by atoms with Crippen LogP contribution in [-0.4, -0.2) is 31.4 Å². The number of nitrogens with zero attached hydrogens (tertiary/aromatic N) is 4. The van der Waals surface area contributed by atoms with Gasteiger partial charge < -0.3 is 4.98 Å². The summed E-state index contributed by atoms with van der Waals surface area (Å²) in [7, 11) is 0. The zero-order valence-electron chi connectivity index (χ0n) is 13.4. The van der Waals surface area contributed by atoms with E-state index in [0.717, 1.165) is 46.4 Å². The van der Waals surface area contributed by atoms with Gasteiger partial charge in [0, 0.05) is 60.9 Å². The summed E-state index contributed by atoms with van der Waals surface area (Å²) < 4.78 is 0.962. The molecular weight excluding hydrogens is 382 g/mol. The zero-order chi connectivity index (χ0) is 17.2. The Hall–Kier alpha value is -2.38. The minimum absolute atomic E-state index is 0.0612. The van der Waals surface area contributed by atoms with Crippen molar-refractivity contribution in [3.63, 3.8) is 0 Å². The Morgan fingerprint density at radius 2 is 2.04 bits per heavy atom. The number of aromatic amines is 1. The van der Waals surface area contributed by atoms with E-state index < -0.39 is 0 Å². The van der Waals surface area contributed by atoms with E-state index in [1.165, 1.54) is 0 Å². The van der Waals surface area contributed by atoms with Crippen LogP contribution in [0.15, 0.2) is 52.3 Å². The van der Waals surface area contributed by atoms with E-state index in [1.54, 1.807) is 18.6 Å². The molecule has 0 radical (unpaired) electrons. The third-order valence-electron chi connectivity index (χ3n) is 4.27. The van der Waals surface area contributed by atoms with Crippen LogP contribution >= 0.6 is 15.9 Å². The van der Waals surface area contributed by atoms with Gasteiger partial charge in [-0.2, -0.15) is 0 Å². The number of fused-ring (bicyclic) bond motifs is 1. The van der Waals surface area contributed by atoms with Crippen molar-refractivity contribution in [1.82, 2.24) is 24.8 Å². The topological polar surface area (TPSA) is 74.8 Å². The van der Waals surface area contributed by atoms with Gasteiger partial charge in [-0.25, -0.2) is 4.98 Å². The molecule has 126 valence electrons. The van der Waals surface area contributed by atoms with Gasteiger partial charge in [0.2, 0.25) is 0 Å². The quantitative estimate of drug-likeness (QED) is 0.734. The molecule has 3 aromatic rings. The van der Waals surface area contributed by atoms with Crippen molar-refractivity contribution in [2.45, 2.75) is 19.5 Å². The van der Waals surface area contributed by atoms with Gasteiger partial charge in [0.25, 0.3) is 5.56 Å². The highest BCUT2D eigenvalue weighted by molar-refractivity contribution is 9.10. The highest BCUT2D eigenvalue weighted by Crippen LogP contribution is 2.20. The molecule has 25 heavy (non-hydrogen) atoms. The molecule has 0 fully saturated rings. The average Bonchev–Trinajstić information content (AvgIpc) is 2.63. The number of aromatic nitrogens is 4. The van der Waals surface area contributed by atoms with Crippen LogP contribution in [0.4, 0.5) is 0 Å². The Morgan fingerprint density at radius 3 is 2.84 bits per heavy atom. The molecule has 1 N–H and O–H groups in total. The first-order chi connectivity index (χ1) is 12.2. The Morgan fingerprint density at radius 1 is 1.20 bits per heavy atom. The maximum absolute atomic E-state index is 12.6. The van der Waals surface area contributed by atoms with Gasteiger partial charge in [0.05, 0.1) is 11.3 Å². The molecule has 0 aromatic carbocycles. The summed E-state index contributed by atoms with van der Waals surface area (Å²) >= 11 is 3.44. The fraction of sp³-hybridized carbons (Fsp3) is 0.222. The molecule has 0 unspecified atom stereocenters. The lowest BCUT2D eigenvalue weighted by Crippen LogP contribution is -2.35. The number of hydrogen-bond donors (Lipinski definition) is 1. The molecule has 0 spiro atoms. The second-order valence-electron chi connectivity index (χ2n) is 6.05. The molecule has 0 saturated carbocycles. The van der Waals surface area contributed by atoms with Crippen molar-refractivity contribution in [2.24, 2.45) is 0 Å². The molecule has 7 heteroatoms. The number of hydrogen-bond acceptors (Lipinski definition) is 5. The summed E-state index contributed by atoms with van der Waals surface area (Å²) in [4.78, 5) is 30.6. The zero-order valence-corrected chi connectivity index (χ0v) is 15.0. The summed E-state index contributed by atoms with van der Waals surface area (Å²) in [6.07, 6.45) is 7.78. The molecule has 0 aliphatic carbocycles. The van der Waals surface area contributed by atoms with Gasteiger partial charge in [-0.15, -0.1) is 0 Å². The smallest absolute Gasteiger partial charge is 0.255 e. The standard InChI is InChI=1S/C18H16BrN5O/c19-14-7-12(8-21-9-14)10-24-6-3-16-15(11-24)18(25)23-17(22-16)13-1-4-20-5-2-13/h1-2,4-5,7-9H,3,6,10-11H2,(H,22,23,25). The number of H-pyrrole nitrogens is 1. The van der Waals surface area contributed by atoms with E-state index in [0.29, 0.717) is 12.4 Å². The Labute approximate surface area is 153 Å². The number of pyridine rings is 2. The van der Waals surface area contributed by atoms with E-state index in [1.807, 2.05) is 18.3 Å². The second-order valence-corrected chi connectivity index (χ2v) is 6.96. The SMILES string of the molecule is O=c1[nH]c(-c2ccncc2)nc2c1CN(Cc1cncc(Br)c1)CC2. The monoisotopic (exact) mass is 397 g/mol. The van der Waals surface area contributed by atoms with Crippen molar-refractivity contribution in [1.29, 1.82) is 0 Å². The fourth-order valence-electron chi connectivity index (χ4n) is 3.06. The van der Waals surface area contributed by atoms with Crippen LogP contribution in [0.1, 0.15) is 16.8 Å². The van der Waals surface area contributed by atoms with Crippen molar-refractivity contribution in [3.8, 4) is 11.4 Å². The van der Waals surface area contributed by atoms with Crippen LogP contribution < -0.4 is 5.56 Å². The van der Waals surface area contributed by atoms with Gasteiger partial charge in [0.15, 0.2) is 0 Å². The molecule has 0 atom stereocenters. The first-order valence-electron chi connectivity index (χ1n) is 8.03. The van der Waals surface area contributed by atoms with E-state index in [-0.39, 0.29) is 5.56 Å². The molecular formula is C18H16BrN5O. The Kier molecular flexibility index (Phi) is 4.42. The summed E-state index contributed by atoms with van der Waals surface area (Å²) in [6.45, 7) is 2.23. The number of nitrogens with one attached hydrogen (secondary N) is 1. The summed E-state index contributed by atoms with van der Waals surface area (Å²) in [5.74, 6) is 0.607. The van der Waals surface area contributed by atoms with Gasteiger partial charge in [-0.3, -0.25) is 19.7 Å². The molecule has 3 aromatic heterocycles. The lowest BCUT2D eigenvalue weighted by molar-refractivity contribution is 0.241. The van der Waals surface area contributed by atoms with Crippen LogP contribution in [0, 0.1) is 0 Å². The second kappa shape index (κ2) is 6.85. The van der Waals surface area contributed by atoms with Gasteiger partial charge >= 0.3 is 0 Å². The van der Waals surface area contributed by atoms with Gasteiger partial charge in [-0.05, 0) is 39.7 Å². The van der Waals surface area contributed by atoms with E-state index >= 15 is 0 Å². The molecule has 0 bridgehead atoms. The largest absolute Gasteiger partial charge is 0.306 e. The minimum atomic E-state index is -0.0612. The van der Waals surface area contributed by atoms with Crippen molar-refractivity contribution < 1.29 is 0 Å². The van der Waals surface area contributed by atoms with Crippen LogP contribution in [-0.2, 0) is 19.5 Å². The first-order valence-corrected chi connectivity index (χ1v) is 8.82. The maximum Gasteiger partial charge on any atom is 0.255 e. The third-order valence-corrected chi connectivity index (χ3v) is 4.70. The summed E-state index contributed by atoms with van der Waals surface area (Å²) in [5, 5.41) is 0. The number of rotatable bonds is 3. The van der Waals surface area contributed by atoms with E-state index in [9.17, 15) is 4.79 Å². The van der Waals surface area contributed by atoms with Crippen LogP contribution in [0.3, 0.4) is 0 Å². The highest BCUT2D eigenvalue weighted by Gasteiger charge is 2.21. The lowest BCUT2D eigenvalue weighted by Gasteiger charge is -2.27. The van der Waals surface area contributed by atoms with Crippen molar-refractivity contribution in [2.75, 3.05) is 6.54 Å². The molecule has 0 saturated heterocycles. The first kappa shape index (κ1) is 16.1. The van der Waals surface area contributed by atoms with E-state index in [2.05, 4.69) is 46.8 Å². The molecule has 4 rings (SSSR count). The van der Waals surface area contributed by atoms with Crippen molar-refractivity contribution in [3.05, 3.63) is 74.6 Å². The van der Waals surface area contributed by atoms with Gasteiger partial charge in [0.1, 0.15) is 5.82 Å². The summed E-state index contributed by atoms with van der Waals surface area (Å²) in [5.41, 5.74) is 3.58. The fourth-order valence-corrected chi connectivity index (χ4v) is 3.48. The van der Waals surface area contributed by atoms with Crippen LogP contribution in [0.2, 0.25) is 0 Å². The minimum Gasteiger partial charge on any atom is -0.306 e. The molecule has 6 nitrogen and oxygen atoms in total. The normalized spacial score (nSPS) is 14.3.